The Morgan fingerprint density at radius 3 is 2.72 bits per heavy atom. The molecule has 6 heteroatoms. The first-order valence-corrected chi connectivity index (χ1v) is 5.68. The van der Waals surface area contributed by atoms with Crippen LogP contribution in [0.15, 0.2) is 24.5 Å². The minimum Gasteiger partial charge on any atom is -0.360 e. The summed E-state index contributed by atoms with van der Waals surface area (Å²) in [5, 5.41) is 0. The van der Waals surface area contributed by atoms with Crippen molar-refractivity contribution in [3.63, 3.8) is 0 Å². The molecule has 0 saturated carbocycles. The molecule has 1 unspecified atom stereocenters. The monoisotopic (exact) mass is 248 g/mol. The summed E-state index contributed by atoms with van der Waals surface area (Å²) in [4.78, 5) is 32.3. The van der Waals surface area contributed by atoms with Crippen LogP contribution in [-0.4, -0.2) is 60.5 Å². The van der Waals surface area contributed by atoms with E-state index in [1.54, 1.807) is 24.3 Å². The van der Waals surface area contributed by atoms with Crippen LogP contribution in [-0.2, 0) is 4.79 Å². The minimum absolute atomic E-state index is 0.190. The van der Waals surface area contributed by atoms with E-state index in [1.165, 1.54) is 7.05 Å². The fraction of sp³-hybridized carbons (Fsp3) is 0.417. The van der Waals surface area contributed by atoms with Crippen LogP contribution < -0.4 is 4.90 Å². The van der Waals surface area contributed by atoms with Gasteiger partial charge in [0.2, 0.25) is 0 Å². The Bertz CT molecular complexity index is 462. The van der Waals surface area contributed by atoms with E-state index in [-0.39, 0.29) is 18.0 Å². The van der Waals surface area contributed by atoms with Crippen molar-refractivity contribution in [1.82, 2.24) is 14.8 Å². The van der Waals surface area contributed by atoms with Crippen LogP contribution in [0.25, 0.3) is 0 Å². The Kier molecular flexibility index (Phi) is 3.18. The van der Waals surface area contributed by atoms with E-state index >= 15 is 0 Å². The maximum absolute atomic E-state index is 12.1. The first-order valence-electron chi connectivity index (χ1n) is 5.68. The van der Waals surface area contributed by atoms with Crippen molar-refractivity contribution in [3.05, 3.63) is 24.5 Å². The fourth-order valence-corrected chi connectivity index (χ4v) is 2.02. The summed E-state index contributed by atoms with van der Waals surface area (Å²) >= 11 is 0. The van der Waals surface area contributed by atoms with Crippen molar-refractivity contribution in [3.8, 4) is 0 Å². The van der Waals surface area contributed by atoms with Gasteiger partial charge in [0, 0.05) is 27.3 Å². The molecule has 6 nitrogen and oxygen atoms in total. The summed E-state index contributed by atoms with van der Waals surface area (Å²) < 4.78 is 0. The number of aromatic nitrogens is 1. The molecule has 0 bridgehead atoms. The van der Waals surface area contributed by atoms with Gasteiger partial charge in [0.15, 0.2) is 0 Å². The van der Waals surface area contributed by atoms with Gasteiger partial charge in [-0.25, -0.2) is 4.79 Å². The summed E-state index contributed by atoms with van der Waals surface area (Å²) in [6.07, 6.45) is 3.38. The van der Waals surface area contributed by atoms with Crippen LogP contribution in [0.1, 0.15) is 0 Å². The zero-order chi connectivity index (χ0) is 13.3. The molecule has 18 heavy (non-hydrogen) atoms. The molecular weight excluding hydrogens is 232 g/mol. The number of hydrogen-bond acceptors (Lipinski definition) is 4. The second-order valence-corrected chi connectivity index (χ2v) is 4.40. The van der Waals surface area contributed by atoms with Crippen molar-refractivity contribution in [2.45, 2.75) is 6.04 Å². The van der Waals surface area contributed by atoms with E-state index in [0.29, 0.717) is 6.54 Å². The predicted octanol–water partition coefficient (Wildman–Crippen LogP) is 0.410. The molecule has 1 aromatic heterocycles. The first kappa shape index (κ1) is 12.3. The highest BCUT2D eigenvalue weighted by molar-refractivity contribution is 6.00. The number of pyridine rings is 1. The summed E-state index contributed by atoms with van der Waals surface area (Å²) in [5.74, 6) is -0.190. The van der Waals surface area contributed by atoms with E-state index in [0.717, 1.165) is 10.6 Å². The second kappa shape index (κ2) is 4.64. The van der Waals surface area contributed by atoms with Gasteiger partial charge in [0.1, 0.15) is 6.04 Å². The van der Waals surface area contributed by atoms with Gasteiger partial charge < -0.3 is 9.80 Å². The number of carbonyl (C=O) groups excluding carboxylic acids is 2. The van der Waals surface area contributed by atoms with E-state index in [2.05, 4.69) is 4.98 Å². The Labute approximate surface area is 106 Å². The fourth-order valence-electron chi connectivity index (χ4n) is 2.02. The maximum atomic E-state index is 12.1. The van der Waals surface area contributed by atoms with Crippen LogP contribution in [0.5, 0.6) is 0 Å². The molecule has 1 aliphatic rings. The Morgan fingerprint density at radius 1 is 1.39 bits per heavy atom. The molecule has 2 rings (SSSR count). The van der Waals surface area contributed by atoms with E-state index in [4.69, 9.17) is 0 Å². The zero-order valence-corrected chi connectivity index (χ0v) is 10.7. The number of rotatable bonds is 2. The first-order chi connectivity index (χ1) is 8.52. The number of hydrogen-bond donors (Lipinski definition) is 0. The van der Waals surface area contributed by atoms with E-state index in [9.17, 15) is 9.59 Å². The smallest absolute Gasteiger partial charge is 0.326 e. The lowest BCUT2D eigenvalue weighted by atomic mass is 10.1. The number of anilines is 1. The van der Waals surface area contributed by atoms with Crippen LogP contribution in [0.3, 0.4) is 0 Å². The largest absolute Gasteiger partial charge is 0.360 e. The standard InChI is InChI=1S/C12H16N4O2/c1-14-8-10(11(17)16(3)12(14)18)15(2)9-5-4-6-13-7-9/h4-7,10H,8H2,1-3H3. The number of imide groups is 1. The number of urea groups is 1. The van der Waals surface area contributed by atoms with Gasteiger partial charge in [-0.3, -0.25) is 14.7 Å². The lowest BCUT2D eigenvalue weighted by Gasteiger charge is -2.39. The maximum Gasteiger partial charge on any atom is 0.326 e. The van der Waals surface area contributed by atoms with Crippen LogP contribution in [0.2, 0.25) is 0 Å². The molecule has 3 amide bonds. The zero-order valence-electron chi connectivity index (χ0n) is 10.7. The highest BCUT2D eigenvalue weighted by Crippen LogP contribution is 2.18. The third-order valence-electron chi connectivity index (χ3n) is 3.20. The Morgan fingerprint density at radius 2 is 2.11 bits per heavy atom. The summed E-state index contributed by atoms with van der Waals surface area (Å²) in [6.45, 7) is 0.382. The van der Waals surface area contributed by atoms with Crippen molar-refractivity contribution in [1.29, 1.82) is 0 Å². The lowest BCUT2D eigenvalue weighted by molar-refractivity contribution is -0.131. The average molecular weight is 248 g/mol. The molecule has 0 radical (unpaired) electrons. The highest BCUT2D eigenvalue weighted by atomic mass is 16.2. The Hall–Kier alpha value is -2.11. The predicted molar refractivity (Wildman–Crippen MR) is 67.2 cm³/mol. The molecule has 0 aliphatic carbocycles. The SMILES string of the molecule is CN1CC(N(C)c2cccnc2)C(=O)N(C)C1=O. The summed E-state index contributed by atoms with van der Waals surface area (Å²) in [7, 11) is 5.02. The van der Waals surface area contributed by atoms with Gasteiger partial charge in [0.25, 0.3) is 5.91 Å². The normalized spacial score (nSPS) is 20.3. The third-order valence-corrected chi connectivity index (χ3v) is 3.20. The number of carbonyl (C=O) groups is 2. The van der Waals surface area contributed by atoms with Crippen molar-refractivity contribution in [2.24, 2.45) is 0 Å². The second-order valence-electron chi connectivity index (χ2n) is 4.40. The number of amides is 3. The quantitative estimate of drug-likeness (QED) is 0.760. The molecule has 0 N–H and O–H groups in total. The number of likely N-dealkylation sites (N-methyl/N-ethyl adjacent to an activating group) is 3. The van der Waals surface area contributed by atoms with Crippen molar-refractivity contribution in [2.75, 3.05) is 32.6 Å². The molecule has 1 aromatic rings. The van der Waals surface area contributed by atoms with E-state index in [1.807, 2.05) is 24.1 Å². The van der Waals surface area contributed by atoms with Gasteiger partial charge >= 0.3 is 6.03 Å². The summed E-state index contributed by atoms with van der Waals surface area (Å²) in [6, 6.07) is 3.06. The molecular formula is C12H16N4O2. The molecule has 1 fully saturated rings. The van der Waals surface area contributed by atoms with Gasteiger partial charge in [0.05, 0.1) is 18.4 Å². The molecule has 0 spiro atoms. The van der Waals surface area contributed by atoms with Gasteiger partial charge in [-0.2, -0.15) is 0 Å². The van der Waals surface area contributed by atoms with Gasteiger partial charge in [-0.05, 0) is 12.1 Å². The number of nitrogens with zero attached hydrogens (tertiary/aromatic N) is 4. The van der Waals surface area contributed by atoms with Gasteiger partial charge in [-0.1, -0.05) is 0 Å². The minimum atomic E-state index is -0.373. The van der Waals surface area contributed by atoms with Crippen LogP contribution >= 0.6 is 0 Å². The molecule has 0 aromatic carbocycles. The van der Waals surface area contributed by atoms with Crippen LogP contribution in [0, 0.1) is 0 Å². The lowest BCUT2D eigenvalue weighted by Crippen LogP contribution is -2.61. The molecule has 1 saturated heterocycles. The molecule has 1 atom stereocenters. The summed E-state index contributed by atoms with van der Waals surface area (Å²) in [5.41, 5.74) is 0.854. The Balaban J connectivity index is 2.23. The topological polar surface area (TPSA) is 56.8 Å². The molecule has 1 aliphatic heterocycles. The van der Waals surface area contributed by atoms with Crippen molar-refractivity contribution >= 4 is 17.6 Å². The van der Waals surface area contributed by atoms with Crippen LogP contribution in [0.4, 0.5) is 10.5 Å². The molecule has 96 valence electrons. The average Bonchev–Trinajstić information content (AvgIpc) is 2.41. The molecule has 2 heterocycles. The van der Waals surface area contributed by atoms with E-state index < -0.39 is 0 Å². The third kappa shape index (κ3) is 2.01. The van der Waals surface area contributed by atoms with Gasteiger partial charge in [-0.15, -0.1) is 0 Å². The van der Waals surface area contributed by atoms with Crippen molar-refractivity contribution < 1.29 is 9.59 Å². The highest BCUT2D eigenvalue weighted by Gasteiger charge is 2.37.